The van der Waals surface area contributed by atoms with Gasteiger partial charge < -0.3 is 83.1 Å². The average Bonchev–Trinajstić information content (AvgIpc) is 3.87. The molecule has 0 bridgehead atoms. The lowest BCUT2D eigenvalue weighted by molar-refractivity contribution is -0.359. The van der Waals surface area contributed by atoms with Crippen molar-refractivity contribution in [2.75, 3.05) is 89.5 Å². The van der Waals surface area contributed by atoms with Crippen LogP contribution < -0.4 is 10.1 Å². The third kappa shape index (κ3) is 17.5. The number of nitriles is 2. The number of carbonyl (C=O) groups is 1. The van der Waals surface area contributed by atoms with Crippen LogP contribution in [0.2, 0.25) is 0 Å². The van der Waals surface area contributed by atoms with Crippen LogP contribution in [-0.4, -0.2) is 202 Å². The van der Waals surface area contributed by atoms with Crippen LogP contribution in [0.15, 0.2) is 78.2 Å². The summed E-state index contributed by atoms with van der Waals surface area (Å²) in [7, 11) is 3.16. The summed E-state index contributed by atoms with van der Waals surface area (Å²) in [4.78, 5) is 12.3. The molecular formula is C48H60N6O18S2. The summed E-state index contributed by atoms with van der Waals surface area (Å²) in [5.41, 5.74) is 3.25. The number of carbonyl (C=O) groups excluding carboxylic acids is 1. The molecule has 26 heteroatoms. The molecule has 4 heterocycles. The number of benzene rings is 2. The second kappa shape index (κ2) is 31.1. The van der Waals surface area contributed by atoms with Gasteiger partial charge in [-0.3, -0.25) is 5.32 Å². The summed E-state index contributed by atoms with van der Waals surface area (Å²) in [6, 6.07) is 18.2. The molecule has 10 atom stereocenters. The zero-order valence-electron chi connectivity index (χ0n) is 40.0. The number of nitrogens with one attached hydrogen (secondary N) is 1. The maximum Gasteiger partial charge on any atom is 0.411 e. The molecule has 74 heavy (non-hydrogen) atoms. The Labute approximate surface area is 434 Å². The van der Waals surface area contributed by atoms with Gasteiger partial charge in [-0.2, -0.15) is 10.5 Å². The van der Waals surface area contributed by atoms with Gasteiger partial charge in [0.1, 0.15) is 90.4 Å². The first-order chi connectivity index (χ1) is 36.0. The summed E-state index contributed by atoms with van der Waals surface area (Å²) in [5, 5.41) is 101. The van der Waals surface area contributed by atoms with Crippen molar-refractivity contribution in [2.45, 2.75) is 74.6 Å². The van der Waals surface area contributed by atoms with Crippen LogP contribution in [0.25, 0.3) is 11.6 Å². The summed E-state index contributed by atoms with van der Waals surface area (Å²) in [5.74, 6) is 2.33. The Morgan fingerprint density at radius 3 is 2.12 bits per heavy atom. The van der Waals surface area contributed by atoms with Gasteiger partial charge in [0.05, 0.1) is 85.4 Å². The lowest BCUT2D eigenvalue weighted by Gasteiger charge is -2.45. The number of para-hydroxylation sites is 1. The van der Waals surface area contributed by atoms with E-state index in [0.29, 0.717) is 79.4 Å². The van der Waals surface area contributed by atoms with Crippen molar-refractivity contribution in [1.82, 2.24) is 15.0 Å². The van der Waals surface area contributed by atoms with E-state index in [9.17, 15) is 51.1 Å². The molecule has 8 N–H and O–H groups in total. The van der Waals surface area contributed by atoms with Crippen molar-refractivity contribution >= 4 is 45.0 Å². The van der Waals surface area contributed by atoms with Crippen LogP contribution in [0.4, 0.5) is 10.5 Å². The molecule has 0 saturated carbocycles. The second-order valence-corrected chi connectivity index (χ2v) is 19.0. The highest BCUT2D eigenvalue weighted by Crippen LogP contribution is 2.36. The van der Waals surface area contributed by atoms with E-state index < -0.39 is 80.7 Å². The van der Waals surface area contributed by atoms with Gasteiger partial charge in [0.15, 0.2) is 12.6 Å². The minimum Gasteiger partial charge on any atom is -0.457 e. The molecule has 3 aromatic rings. The molecular weight excluding hydrogens is 1010 g/mol. The number of aromatic nitrogens is 3. The highest BCUT2D eigenvalue weighted by atomic mass is 33.1. The molecule has 2 saturated heterocycles. The number of aliphatic hydroxyl groups excluding tert-OH is 7. The lowest BCUT2D eigenvalue weighted by Crippen LogP contribution is -2.64. The first-order valence-corrected chi connectivity index (χ1v) is 25.9. The molecule has 0 radical (unpaired) electrons. The smallest absolute Gasteiger partial charge is 0.411 e. The number of hydrogen-bond acceptors (Lipinski definition) is 24. The van der Waals surface area contributed by atoms with Crippen molar-refractivity contribution in [3.05, 3.63) is 95.0 Å². The summed E-state index contributed by atoms with van der Waals surface area (Å²) in [6.07, 6.45) is -8.89. The molecule has 2 fully saturated rings. The molecule has 24 nitrogen and oxygen atoms in total. The standard InChI is InChI=1S/C48H60N6O18S2/c49-24-31(25-50)36-23-34(69-37-4-2-1-3-35(36)37)10-7-30-5-8-32(9-6-30)51-48(62)68-20-22-74-73-21-19-66-29-33-26-54(53-52-33)11-12-63-13-14-64-15-16-65-17-18-67-46-44(61)42(59)45(39(28-56)71-46)72-47-43(60)41(58)40(57)38(27-55)70-47/h1-10,23,26,38-47,55-61H,11-22,27-29H2,(H,51,62)/b10-7+/t38-,39-,40+,41+,42-,43-,44-,45-,46-,47+/m1/s1. The molecule has 0 spiro atoms. The summed E-state index contributed by atoms with van der Waals surface area (Å²) < 4.78 is 57.2. The second-order valence-electron chi connectivity index (χ2n) is 16.3. The number of hydrogen-bond donors (Lipinski definition) is 8. The van der Waals surface area contributed by atoms with E-state index >= 15 is 0 Å². The van der Waals surface area contributed by atoms with Gasteiger partial charge in [-0.05, 0) is 35.9 Å². The van der Waals surface area contributed by atoms with Crippen molar-refractivity contribution in [2.24, 2.45) is 0 Å². The Hall–Kier alpha value is -5.05. The number of amides is 1. The lowest BCUT2D eigenvalue weighted by atomic mass is 9.97. The Kier molecular flexibility index (Phi) is 24.5. The Morgan fingerprint density at radius 2 is 1.41 bits per heavy atom. The molecule has 402 valence electrons. The summed E-state index contributed by atoms with van der Waals surface area (Å²) in [6.45, 7) is 1.75. The van der Waals surface area contributed by atoms with E-state index in [0.717, 1.165) is 11.3 Å². The normalized spacial score (nSPS) is 24.6. The Morgan fingerprint density at radius 1 is 0.743 bits per heavy atom. The minimum absolute atomic E-state index is 0.00342. The third-order valence-electron chi connectivity index (χ3n) is 11.1. The number of ether oxygens (including phenoxy) is 10. The fourth-order valence-corrected chi connectivity index (χ4v) is 8.97. The molecule has 3 aliphatic heterocycles. The highest BCUT2D eigenvalue weighted by molar-refractivity contribution is 8.76. The average molecular weight is 1070 g/mol. The molecule has 0 unspecified atom stereocenters. The van der Waals surface area contributed by atoms with E-state index in [-0.39, 0.29) is 38.6 Å². The van der Waals surface area contributed by atoms with Gasteiger partial charge in [0.25, 0.3) is 0 Å². The monoisotopic (exact) mass is 1070 g/mol. The van der Waals surface area contributed by atoms with Crippen molar-refractivity contribution in [3.63, 3.8) is 0 Å². The van der Waals surface area contributed by atoms with E-state index in [2.05, 4.69) is 15.6 Å². The number of nitrogens with zero attached hydrogens (tertiary/aromatic N) is 5. The predicted octanol–water partition coefficient (Wildman–Crippen LogP) is 0.906. The Balaban J connectivity index is 0.720. The molecule has 3 aliphatic rings. The van der Waals surface area contributed by atoms with Crippen LogP contribution in [-0.2, 0) is 55.8 Å². The van der Waals surface area contributed by atoms with Crippen LogP contribution in [0, 0.1) is 22.7 Å². The quantitative estimate of drug-likeness (QED) is 0.0272. The van der Waals surface area contributed by atoms with Crippen LogP contribution in [0.3, 0.4) is 0 Å². The molecule has 1 amide bonds. The number of aliphatic hydroxyl groups is 7. The van der Waals surface area contributed by atoms with Crippen LogP contribution in [0.5, 0.6) is 5.75 Å². The van der Waals surface area contributed by atoms with Gasteiger partial charge in [-0.1, -0.05) is 63.2 Å². The van der Waals surface area contributed by atoms with E-state index in [1.165, 1.54) is 0 Å². The molecule has 2 aromatic carbocycles. The van der Waals surface area contributed by atoms with Gasteiger partial charge in [0.2, 0.25) is 0 Å². The first kappa shape index (κ1) is 58.2. The maximum atomic E-state index is 12.3. The van der Waals surface area contributed by atoms with E-state index in [4.69, 9.17) is 47.4 Å². The SMILES string of the molecule is N#CC(C#N)=C1C=C(/C=C/c2ccc(NC(=O)OCCSSCCOCc3cn(CCOCCOCCOCCO[C@@H]4O[C@H](CO)[C@@H](O[C@@H]5O[C@H](CO)[C@H](O)[C@H](O)[C@H]5O)[C@H](O)[C@H]4O)nn3)cc2)Oc2ccccc21. The largest absolute Gasteiger partial charge is 0.457 e. The van der Waals surface area contributed by atoms with Gasteiger partial charge in [0, 0.05) is 28.3 Å². The fraction of sp³-hybridized carbons (Fsp3) is 0.521. The zero-order chi connectivity index (χ0) is 52.7. The topological polar surface area (TPSA) is 341 Å². The van der Waals surface area contributed by atoms with E-state index in [1.807, 2.05) is 42.5 Å². The number of allylic oxidation sites excluding steroid dienone is 4. The zero-order valence-corrected chi connectivity index (χ0v) is 41.6. The van der Waals surface area contributed by atoms with Crippen molar-refractivity contribution in [1.29, 1.82) is 10.5 Å². The highest BCUT2D eigenvalue weighted by Gasteiger charge is 2.50. The fourth-order valence-electron chi connectivity index (χ4n) is 7.28. The predicted molar refractivity (Wildman–Crippen MR) is 263 cm³/mol. The first-order valence-electron chi connectivity index (χ1n) is 23.4. The third-order valence-corrected chi connectivity index (χ3v) is 13.4. The maximum absolute atomic E-state index is 12.3. The van der Waals surface area contributed by atoms with Crippen molar-refractivity contribution in [3.8, 4) is 17.9 Å². The minimum atomic E-state index is -1.76. The van der Waals surface area contributed by atoms with Gasteiger partial charge in [-0.25, -0.2) is 9.48 Å². The van der Waals surface area contributed by atoms with Crippen LogP contribution >= 0.6 is 21.6 Å². The van der Waals surface area contributed by atoms with Crippen molar-refractivity contribution < 1.29 is 87.9 Å². The molecule has 0 aliphatic carbocycles. The molecule has 6 rings (SSSR count). The van der Waals surface area contributed by atoms with Crippen LogP contribution in [0.1, 0.15) is 16.8 Å². The van der Waals surface area contributed by atoms with Gasteiger partial charge in [-0.15, -0.1) is 5.10 Å². The Bertz CT molecular complexity index is 2360. The molecule has 1 aromatic heterocycles. The van der Waals surface area contributed by atoms with Gasteiger partial charge >= 0.3 is 6.09 Å². The number of anilines is 1. The number of fused-ring (bicyclic) bond motifs is 1. The van der Waals surface area contributed by atoms with E-state index in [1.54, 1.807) is 68.9 Å². The summed E-state index contributed by atoms with van der Waals surface area (Å²) >= 11 is 0. The number of rotatable bonds is 29.